The Morgan fingerprint density at radius 2 is 2.16 bits per heavy atom. The molecule has 0 heterocycles. The molecule has 1 atom stereocenters. The molecular weight excluding hydrogens is 270 g/mol. The zero-order valence-corrected chi connectivity index (χ0v) is 11.6. The highest BCUT2D eigenvalue weighted by Gasteiger charge is 2.16. The number of hydrogen-bond donors (Lipinski definition) is 2. The monoisotopic (exact) mass is 287 g/mol. The van der Waals surface area contributed by atoms with Crippen LogP contribution in [0, 0.1) is 5.92 Å². The van der Waals surface area contributed by atoms with Crippen molar-refractivity contribution in [3.8, 4) is 5.75 Å². The minimum absolute atomic E-state index is 0.0764. The van der Waals surface area contributed by atoms with Gasteiger partial charge in [-0.3, -0.25) is 4.79 Å². The van der Waals surface area contributed by atoms with E-state index in [9.17, 15) is 13.2 Å². The van der Waals surface area contributed by atoms with Crippen LogP contribution in [-0.4, -0.2) is 33.1 Å². The third-order valence-corrected chi connectivity index (χ3v) is 4.10. The van der Waals surface area contributed by atoms with E-state index in [1.165, 1.54) is 26.2 Å². The van der Waals surface area contributed by atoms with Crippen molar-refractivity contribution in [2.24, 2.45) is 5.92 Å². The lowest BCUT2D eigenvalue weighted by Gasteiger charge is -2.09. The number of sulfonamides is 1. The van der Waals surface area contributed by atoms with Gasteiger partial charge in [-0.2, -0.15) is 0 Å². The summed E-state index contributed by atoms with van der Waals surface area (Å²) < 4.78 is 31.2. The van der Waals surface area contributed by atoms with Crippen LogP contribution in [0.25, 0.3) is 0 Å². The zero-order valence-electron chi connectivity index (χ0n) is 10.8. The number of rotatable bonds is 7. The minimum Gasteiger partial charge on any atom is -0.497 e. The molecule has 0 spiro atoms. The van der Waals surface area contributed by atoms with Crippen molar-refractivity contribution >= 4 is 16.0 Å². The summed E-state index contributed by atoms with van der Waals surface area (Å²) in [5.74, 6) is -1.09. The highest BCUT2D eigenvalue weighted by Crippen LogP contribution is 2.16. The predicted molar refractivity (Wildman–Crippen MR) is 69.6 cm³/mol. The number of benzene rings is 1. The van der Waals surface area contributed by atoms with Gasteiger partial charge in [0.15, 0.2) is 0 Å². The minimum atomic E-state index is -3.64. The van der Waals surface area contributed by atoms with Gasteiger partial charge in [-0.25, -0.2) is 13.1 Å². The van der Waals surface area contributed by atoms with Crippen LogP contribution in [0.1, 0.15) is 13.3 Å². The SMILES string of the molecule is COc1cccc(S(=O)(=O)NCCC(C)C(=O)O)c1. The molecule has 1 unspecified atom stereocenters. The molecule has 7 heteroatoms. The number of nitrogens with one attached hydrogen (secondary N) is 1. The standard InChI is InChI=1S/C12H17NO5S/c1-9(12(14)15)6-7-13-19(16,17)11-5-3-4-10(8-11)18-2/h3-5,8-9,13H,6-7H2,1-2H3,(H,14,15). The summed E-state index contributed by atoms with van der Waals surface area (Å²) in [6, 6.07) is 6.08. The Kier molecular flexibility index (Phi) is 5.31. The first-order chi connectivity index (χ1) is 8.86. The summed E-state index contributed by atoms with van der Waals surface area (Å²) in [6.45, 7) is 1.61. The maximum absolute atomic E-state index is 11.9. The molecule has 0 aliphatic rings. The normalized spacial score (nSPS) is 12.9. The molecule has 0 amide bonds. The fourth-order valence-corrected chi connectivity index (χ4v) is 2.47. The van der Waals surface area contributed by atoms with E-state index < -0.39 is 21.9 Å². The van der Waals surface area contributed by atoms with E-state index in [4.69, 9.17) is 9.84 Å². The first-order valence-electron chi connectivity index (χ1n) is 5.73. The van der Waals surface area contributed by atoms with Gasteiger partial charge in [-0.05, 0) is 18.6 Å². The summed E-state index contributed by atoms with van der Waals surface area (Å²) in [6.07, 6.45) is 0.235. The van der Waals surface area contributed by atoms with E-state index in [0.29, 0.717) is 5.75 Å². The number of hydrogen-bond acceptors (Lipinski definition) is 4. The molecule has 1 rings (SSSR count). The summed E-state index contributed by atoms with van der Waals surface area (Å²) >= 11 is 0. The predicted octanol–water partition coefficient (Wildman–Crippen LogP) is 1.08. The second-order valence-corrected chi connectivity index (χ2v) is 5.87. The third kappa shape index (κ3) is 4.53. The van der Waals surface area contributed by atoms with Crippen LogP contribution in [-0.2, 0) is 14.8 Å². The molecule has 0 radical (unpaired) electrons. The lowest BCUT2D eigenvalue weighted by molar-refractivity contribution is -0.141. The van der Waals surface area contributed by atoms with Crippen molar-refractivity contribution in [1.82, 2.24) is 4.72 Å². The van der Waals surface area contributed by atoms with Crippen LogP contribution in [0.5, 0.6) is 5.75 Å². The third-order valence-electron chi connectivity index (χ3n) is 2.64. The summed E-state index contributed by atoms with van der Waals surface area (Å²) in [5.41, 5.74) is 0. The molecule has 0 aliphatic heterocycles. The molecule has 0 aliphatic carbocycles. The number of carboxylic acid groups (broad SMARTS) is 1. The van der Waals surface area contributed by atoms with Gasteiger partial charge >= 0.3 is 5.97 Å². The van der Waals surface area contributed by atoms with Gasteiger partial charge in [0.1, 0.15) is 5.75 Å². The van der Waals surface area contributed by atoms with Crippen LogP contribution in [0.2, 0.25) is 0 Å². The fourth-order valence-electron chi connectivity index (χ4n) is 1.38. The molecule has 0 aromatic heterocycles. The van der Waals surface area contributed by atoms with Crippen molar-refractivity contribution in [1.29, 1.82) is 0 Å². The van der Waals surface area contributed by atoms with E-state index in [1.807, 2.05) is 0 Å². The Bertz CT molecular complexity index is 541. The van der Waals surface area contributed by atoms with E-state index in [2.05, 4.69) is 4.72 Å². The first kappa shape index (κ1) is 15.5. The number of carboxylic acids is 1. The van der Waals surface area contributed by atoms with Crippen LogP contribution in [0.15, 0.2) is 29.2 Å². The molecule has 1 aromatic carbocycles. The van der Waals surface area contributed by atoms with Crippen LogP contribution in [0.4, 0.5) is 0 Å². The Morgan fingerprint density at radius 1 is 1.47 bits per heavy atom. The molecule has 106 valence electrons. The average molecular weight is 287 g/mol. The Hall–Kier alpha value is -1.60. The molecule has 0 saturated heterocycles. The molecule has 0 fully saturated rings. The molecule has 0 saturated carbocycles. The van der Waals surface area contributed by atoms with Crippen LogP contribution in [0.3, 0.4) is 0 Å². The number of methoxy groups -OCH3 is 1. The Labute approximate surface area is 112 Å². The van der Waals surface area contributed by atoms with E-state index >= 15 is 0 Å². The largest absolute Gasteiger partial charge is 0.497 e. The maximum Gasteiger partial charge on any atom is 0.306 e. The summed E-state index contributed by atoms with van der Waals surface area (Å²) in [5, 5.41) is 8.70. The van der Waals surface area contributed by atoms with Gasteiger partial charge in [-0.15, -0.1) is 0 Å². The number of aliphatic carboxylic acids is 1. The Morgan fingerprint density at radius 3 is 2.74 bits per heavy atom. The summed E-state index contributed by atoms with van der Waals surface area (Å²) in [4.78, 5) is 10.7. The lowest BCUT2D eigenvalue weighted by Crippen LogP contribution is -2.27. The van der Waals surface area contributed by atoms with Gasteiger partial charge in [0.25, 0.3) is 0 Å². The highest BCUT2D eigenvalue weighted by atomic mass is 32.2. The van der Waals surface area contributed by atoms with Crippen molar-refractivity contribution in [2.75, 3.05) is 13.7 Å². The number of carbonyl (C=O) groups is 1. The smallest absolute Gasteiger partial charge is 0.306 e. The van der Waals surface area contributed by atoms with Gasteiger partial charge in [0, 0.05) is 12.6 Å². The molecule has 0 bridgehead atoms. The molecule has 19 heavy (non-hydrogen) atoms. The molecule has 2 N–H and O–H groups in total. The highest BCUT2D eigenvalue weighted by molar-refractivity contribution is 7.89. The van der Waals surface area contributed by atoms with E-state index in [-0.39, 0.29) is 17.9 Å². The van der Waals surface area contributed by atoms with Gasteiger partial charge in [-0.1, -0.05) is 13.0 Å². The van der Waals surface area contributed by atoms with Crippen molar-refractivity contribution in [3.63, 3.8) is 0 Å². The van der Waals surface area contributed by atoms with Crippen molar-refractivity contribution < 1.29 is 23.1 Å². The molecule has 6 nitrogen and oxygen atoms in total. The lowest BCUT2D eigenvalue weighted by atomic mass is 10.1. The summed E-state index contributed by atoms with van der Waals surface area (Å²) in [7, 11) is -2.19. The Balaban J connectivity index is 2.68. The molecule has 1 aromatic rings. The topological polar surface area (TPSA) is 92.7 Å². The number of ether oxygens (including phenoxy) is 1. The molecular formula is C12H17NO5S. The van der Waals surface area contributed by atoms with Crippen LogP contribution >= 0.6 is 0 Å². The van der Waals surface area contributed by atoms with Crippen molar-refractivity contribution in [2.45, 2.75) is 18.2 Å². The quantitative estimate of drug-likeness (QED) is 0.783. The van der Waals surface area contributed by atoms with E-state index in [0.717, 1.165) is 0 Å². The maximum atomic E-state index is 11.9. The van der Waals surface area contributed by atoms with Gasteiger partial charge in [0.05, 0.1) is 17.9 Å². The van der Waals surface area contributed by atoms with Crippen molar-refractivity contribution in [3.05, 3.63) is 24.3 Å². The zero-order chi connectivity index (χ0) is 14.5. The second kappa shape index (κ2) is 6.53. The van der Waals surface area contributed by atoms with Crippen LogP contribution < -0.4 is 9.46 Å². The van der Waals surface area contributed by atoms with E-state index in [1.54, 1.807) is 12.1 Å². The fraction of sp³-hybridized carbons (Fsp3) is 0.417. The second-order valence-electron chi connectivity index (χ2n) is 4.10. The van der Waals surface area contributed by atoms with Gasteiger partial charge in [0.2, 0.25) is 10.0 Å². The average Bonchev–Trinajstić information content (AvgIpc) is 2.38. The van der Waals surface area contributed by atoms with Gasteiger partial charge < -0.3 is 9.84 Å². The first-order valence-corrected chi connectivity index (χ1v) is 7.21.